The van der Waals surface area contributed by atoms with Crippen molar-refractivity contribution in [3.63, 3.8) is 0 Å². The predicted octanol–water partition coefficient (Wildman–Crippen LogP) is 1.38. The van der Waals surface area contributed by atoms with Crippen LogP contribution in [0.25, 0.3) is 0 Å². The second-order valence-electron chi connectivity index (χ2n) is 10.8. The number of amides is 1. The van der Waals surface area contributed by atoms with Crippen LogP contribution in [0.5, 0.6) is 0 Å². The van der Waals surface area contributed by atoms with Crippen molar-refractivity contribution >= 4 is 11.9 Å². The lowest BCUT2D eigenvalue weighted by atomic mass is 9.71. The van der Waals surface area contributed by atoms with Crippen LogP contribution in [0.1, 0.15) is 53.4 Å². The van der Waals surface area contributed by atoms with Crippen molar-refractivity contribution in [1.82, 2.24) is 5.32 Å². The zero-order chi connectivity index (χ0) is 26.6. The third-order valence-corrected chi connectivity index (χ3v) is 8.06. The van der Waals surface area contributed by atoms with Gasteiger partial charge in [-0.1, -0.05) is 32.9 Å². The number of alkyl halides is 2. The molecule has 4 rings (SSSR count). The molecule has 4 saturated heterocycles. The van der Waals surface area contributed by atoms with Gasteiger partial charge in [0.05, 0.1) is 17.6 Å². The van der Waals surface area contributed by atoms with Crippen molar-refractivity contribution in [2.45, 2.75) is 108 Å². The fourth-order valence-electron chi connectivity index (χ4n) is 5.26. The highest BCUT2D eigenvalue weighted by Gasteiger charge is 2.67. The lowest BCUT2D eigenvalue weighted by molar-refractivity contribution is -0.372. The zero-order valence-electron chi connectivity index (χ0n) is 20.9. The fraction of sp³-hybridized carbons (Fsp3) is 0.833. The highest BCUT2D eigenvalue weighted by atomic mass is 19.3. The van der Waals surface area contributed by atoms with Crippen LogP contribution in [-0.2, 0) is 33.3 Å². The Hall–Kier alpha value is -1.70. The number of hydrogen-bond acceptors (Lipinski definition) is 9. The molecule has 204 valence electrons. The smallest absolute Gasteiger partial charge is 0.306 e. The first-order valence-electron chi connectivity index (χ1n) is 12.2. The minimum absolute atomic E-state index is 0.0343. The number of hydrogen-bond donors (Lipinski definition) is 3. The summed E-state index contributed by atoms with van der Waals surface area (Å²) in [5, 5.41) is 23.9. The highest BCUT2D eigenvalue weighted by Crippen LogP contribution is 2.52. The zero-order valence-corrected chi connectivity index (χ0v) is 20.9. The average Bonchev–Trinajstić information content (AvgIpc) is 3.20. The number of aliphatic hydroxyl groups excluding tert-OH is 1. The maximum atomic E-state index is 15.7. The third-order valence-electron chi connectivity index (χ3n) is 8.06. The molecule has 3 N–H and O–H groups in total. The normalized spacial score (nSPS) is 42.8. The number of aliphatic hydroxyl groups is 2. The van der Waals surface area contributed by atoms with Gasteiger partial charge in [0.2, 0.25) is 5.79 Å². The number of carbonyl (C=O) groups is 2. The third kappa shape index (κ3) is 4.67. The van der Waals surface area contributed by atoms with Gasteiger partial charge in [0.25, 0.3) is 11.8 Å². The van der Waals surface area contributed by atoms with E-state index in [9.17, 15) is 19.8 Å². The molecule has 12 heteroatoms. The molecule has 4 heterocycles. The minimum atomic E-state index is -3.40. The lowest BCUT2D eigenvalue weighted by Gasteiger charge is -2.54. The number of cyclic esters (lactones) is 1. The van der Waals surface area contributed by atoms with Gasteiger partial charge in [-0.2, -0.15) is 0 Å². The van der Waals surface area contributed by atoms with Gasteiger partial charge >= 0.3 is 5.97 Å². The van der Waals surface area contributed by atoms with Crippen molar-refractivity contribution in [3.8, 4) is 0 Å². The van der Waals surface area contributed by atoms with E-state index in [0.717, 1.165) is 0 Å². The second-order valence-corrected chi connectivity index (χ2v) is 10.8. The Bertz CT molecular complexity index is 899. The first-order chi connectivity index (χ1) is 16.7. The summed E-state index contributed by atoms with van der Waals surface area (Å²) in [7, 11) is 0. The maximum Gasteiger partial charge on any atom is 0.306 e. The van der Waals surface area contributed by atoms with Crippen LogP contribution in [0, 0.1) is 11.3 Å². The van der Waals surface area contributed by atoms with Gasteiger partial charge in [0.1, 0.15) is 19.0 Å². The van der Waals surface area contributed by atoms with E-state index in [2.05, 4.69) is 11.9 Å². The van der Waals surface area contributed by atoms with Crippen LogP contribution in [0.2, 0.25) is 0 Å². The SMILES string of the molecule is C=C1C[C@](O)(C(O)C(=O)NC2OCO[C@H]3[C@@H]2OC(CC2CCC(=O)O2)C(C)(C)C3(F)F)OC(C)C1C. The van der Waals surface area contributed by atoms with E-state index in [1.165, 1.54) is 13.8 Å². The van der Waals surface area contributed by atoms with Crippen LogP contribution in [0.4, 0.5) is 8.78 Å². The van der Waals surface area contributed by atoms with E-state index in [0.29, 0.717) is 12.0 Å². The molecular formula is C24H35F2NO9. The highest BCUT2D eigenvalue weighted by molar-refractivity contribution is 5.82. The van der Waals surface area contributed by atoms with Crippen molar-refractivity contribution in [2.24, 2.45) is 11.3 Å². The summed E-state index contributed by atoms with van der Waals surface area (Å²) in [6.45, 7) is 9.56. The molecule has 36 heavy (non-hydrogen) atoms. The number of carbonyl (C=O) groups excluding carboxylic acids is 2. The molecule has 10 nitrogen and oxygen atoms in total. The van der Waals surface area contributed by atoms with Crippen LogP contribution < -0.4 is 5.32 Å². The average molecular weight is 520 g/mol. The summed E-state index contributed by atoms with van der Waals surface area (Å²) in [6, 6.07) is 0. The van der Waals surface area contributed by atoms with Crippen LogP contribution in [-0.4, -0.2) is 83.4 Å². The molecule has 1 amide bonds. The number of rotatable bonds is 5. The number of fused-ring (bicyclic) bond motifs is 1. The molecule has 9 atom stereocenters. The molecular weight excluding hydrogens is 484 g/mol. The van der Waals surface area contributed by atoms with Crippen molar-refractivity contribution in [1.29, 1.82) is 0 Å². The van der Waals surface area contributed by atoms with Gasteiger partial charge in [-0.15, -0.1) is 0 Å². The minimum Gasteiger partial charge on any atom is -0.462 e. The first-order valence-corrected chi connectivity index (χ1v) is 12.2. The van der Waals surface area contributed by atoms with Crippen LogP contribution in [0.15, 0.2) is 12.2 Å². The van der Waals surface area contributed by atoms with Gasteiger partial charge in [-0.25, -0.2) is 8.78 Å². The molecule has 0 aromatic rings. The summed E-state index contributed by atoms with van der Waals surface area (Å²) < 4.78 is 58.7. The van der Waals surface area contributed by atoms with Gasteiger partial charge in [0, 0.05) is 25.2 Å². The molecule has 0 aromatic carbocycles. The Balaban J connectivity index is 1.50. The van der Waals surface area contributed by atoms with Crippen LogP contribution >= 0.6 is 0 Å². The number of ether oxygens (including phenoxy) is 5. The summed E-state index contributed by atoms with van der Waals surface area (Å²) >= 11 is 0. The maximum absolute atomic E-state index is 15.7. The Morgan fingerprint density at radius 3 is 2.58 bits per heavy atom. The summed E-state index contributed by atoms with van der Waals surface area (Å²) in [5.74, 6) is -7.22. The predicted molar refractivity (Wildman–Crippen MR) is 118 cm³/mol. The summed E-state index contributed by atoms with van der Waals surface area (Å²) in [6.07, 6.45) is -8.33. The Labute approximate surface area is 208 Å². The van der Waals surface area contributed by atoms with Crippen molar-refractivity contribution in [3.05, 3.63) is 12.2 Å². The van der Waals surface area contributed by atoms with Crippen molar-refractivity contribution in [2.75, 3.05) is 6.79 Å². The fourth-order valence-corrected chi connectivity index (χ4v) is 5.26. The standard InChI is InChI=1S/C24H35F2NO9/c1-11-9-23(31,36-13(3)12(11)2)18(29)20(30)27-21-17-19(32-10-33-21)24(25,26)22(4,5)15(35-17)8-14-6-7-16(28)34-14/h12-15,17-19,21,29,31H,1,6-10H2,2-5H3,(H,27,30)/t12?,13?,14?,15?,17-,18?,19-,21?,23+/m0/s1. The van der Waals surface area contributed by atoms with E-state index in [1.807, 2.05) is 6.92 Å². The Morgan fingerprint density at radius 2 is 1.97 bits per heavy atom. The topological polar surface area (TPSA) is 133 Å². The molecule has 0 spiro atoms. The molecule has 0 bridgehead atoms. The van der Waals surface area contributed by atoms with E-state index in [-0.39, 0.29) is 25.2 Å². The van der Waals surface area contributed by atoms with Gasteiger partial charge in [-0.3, -0.25) is 9.59 Å². The Kier molecular flexibility index (Phi) is 7.26. The largest absolute Gasteiger partial charge is 0.462 e. The molecule has 4 aliphatic rings. The van der Waals surface area contributed by atoms with Gasteiger partial charge in [-0.05, 0) is 13.3 Å². The van der Waals surface area contributed by atoms with Crippen molar-refractivity contribution < 1.29 is 52.3 Å². The quantitative estimate of drug-likeness (QED) is 0.364. The van der Waals surface area contributed by atoms with E-state index >= 15 is 8.78 Å². The van der Waals surface area contributed by atoms with E-state index in [1.54, 1.807) is 6.92 Å². The molecule has 0 radical (unpaired) electrons. The molecule has 4 fully saturated rings. The monoisotopic (exact) mass is 519 g/mol. The van der Waals surface area contributed by atoms with Crippen LogP contribution in [0.3, 0.4) is 0 Å². The number of halogens is 2. The molecule has 0 saturated carbocycles. The summed E-state index contributed by atoms with van der Waals surface area (Å²) in [4.78, 5) is 24.4. The molecule has 4 aliphatic heterocycles. The molecule has 0 aliphatic carbocycles. The molecule has 0 aromatic heterocycles. The first kappa shape index (κ1) is 27.3. The number of nitrogens with one attached hydrogen (secondary N) is 1. The van der Waals surface area contributed by atoms with E-state index < -0.39 is 78.6 Å². The number of esters is 1. The summed E-state index contributed by atoms with van der Waals surface area (Å²) in [5.41, 5.74) is -1.09. The Morgan fingerprint density at radius 1 is 1.28 bits per heavy atom. The van der Waals surface area contributed by atoms with E-state index in [4.69, 9.17) is 23.7 Å². The van der Waals surface area contributed by atoms with Gasteiger partial charge < -0.3 is 39.2 Å². The molecule has 6 unspecified atom stereocenters. The van der Waals surface area contributed by atoms with Gasteiger partial charge in [0.15, 0.2) is 18.4 Å². The lowest BCUT2D eigenvalue weighted by Crippen LogP contribution is -2.71. The second kappa shape index (κ2) is 9.55.